The zero-order valence-corrected chi connectivity index (χ0v) is 11.7. The van der Waals surface area contributed by atoms with E-state index in [0.717, 1.165) is 11.3 Å². The number of hydrogen-bond acceptors (Lipinski definition) is 3. The Labute approximate surface area is 105 Å². The van der Waals surface area contributed by atoms with Gasteiger partial charge >= 0.3 is 0 Å². The minimum Gasteiger partial charge on any atom is -0.378 e. The molecule has 0 saturated carbocycles. The molecule has 90 valence electrons. The lowest BCUT2D eigenvalue weighted by molar-refractivity contribution is 0.586. The van der Waals surface area contributed by atoms with Gasteiger partial charge in [-0.15, -0.1) is 0 Å². The normalized spacial score (nSPS) is 11.4. The van der Waals surface area contributed by atoms with Gasteiger partial charge in [-0.1, -0.05) is 28.1 Å². The van der Waals surface area contributed by atoms with Gasteiger partial charge in [-0.25, -0.2) is 13.1 Å². The molecule has 0 aliphatic carbocycles. The highest BCUT2D eigenvalue weighted by Gasteiger charge is 2.06. The Kier molecular flexibility index (Phi) is 4.76. The van der Waals surface area contributed by atoms with Gasteiger partial charge in [0.2, 0.25) is 10.0 Å². The lowest BCUT2D eigenvalue weighted by atomic mass is 10.2. The zero-order chi connectivity index (χ0) is 12.2. The lowest BCUT2D eigenvalue weighted by Gasteiger charge is -2.12. The molecule has 1 aromatic carbocycles. The Morgan fingerprint density at radius 2 is 1.81 bits per heavy atom. The summed E-state index contributed by atoms with van der Waals surface area (Å²) >= 11 is 2.92. The third-order valence-electron chi connectivity index (χ3n) is 2.09. The van der Waals surface area contributed by atoms with E-state index >= 15 is 0 Å². The summed E-state index contributed by atoms with van der Waals surface area (Å²) in [4.78, 5) is 1.99. The fourth-order valence-corrected chi connectivity index (χ4v) is 2.09. The van der Waals surface area contributed by atoms with E-state index in [1.165, 1.54) is 0 Å². The van der Waals surface area contributed by atoms with Gasteiger partial charge in [0.25, 0.3) is 0 Å². The molecule has 0 unspecified atom stereocenters. The average molecular weight is 307 g/mol. The maximum atomic E-state index is 11.2. The molecule has 0 heterocycles. The van der Waals surface area contributed by atoms with Crippen LogP contribution in [0, 0.1) is 0 Å². The standard InChI is InChI=1S/C10H15BrN2O2S/c1-13(2)10-5-3-9(4-6-10)7-12-16(14,15)8-11/h3-6,12H,7-8H2,1-2H3. The van der Waals surface area contributed by atoms with Crippen LogP contribution in [0.25, 0.3) is 0 Å². The van der Waals surface area contributed by atoms with Crippen molar-refractivity contribution in [1.29, 1.82) is 0 Å². The lowest BCUT2D eigenvalue weighted by Crippen LogP contribution is -2.23. The largest absolute Gasteiger partial charge is 0.378 e. The SMILES string of the molecule is CN(C)c1ccc(CNS(=O)(=O)CBr)cc1. The van der Waals surface area contributed by atoms with Crippen molar-refractivity contribution >= 4 is 31.6 Å². The van der Waals surface area contributed by atoms with E-state index in [1.807, 2.05) is 43.3 Å². The summed E-state index contributed by atoms with van der Waals surface area (Å²) in [5.41, 5.74) is 2.03. The molecule has 0 aromatic heterocycles. The van der Waals surface area contributed by atoms with E-state index in [-0.39, 0.29) is 4.66 Å². The first-order valence-corrected chi connectivity index (χ1v) is 7.51. The average Bonchev–Trinajstić information content (AvgIpc) is 2.27. The molecule has 1 N–H and O–H groups in total. The Morgan fingerprint density at radius 3 is 2.25 bits per heavy atom. The number of rotatable bonds is 5. The second kappa shape index (κ2) is 5.65. The van der Waals surface area contributed by atoms with Crippen LogP contribution >= 0.6 is 15.9 Å². The first-order valence-electron chi connectivity index (χ1n) is 4.74. The van der Waals surface area contributed by atoms with Crippen LogP contribution in [-0.2, 0) is 16.6 Å². The van der Waals surface area contributed by atoms with Crippen molar-refractivity contribution in [3.63, 3.8) is 0 Å². The molecule has 0 aliphatic rings. The van der Waals surface area contributed by atoms with Crippen LogP contribution in [-0.4, -0.2) is 27.2 Å². The summed E-state index contributed by atoms with van der Waals surface area (Å²) in [7, 11) is 0.734. The number of benzene rings is 1. The van der Waals surface area contributed by atoms with E-state index < -0.39 is 10.0 Å². The highest BCUT2D eigenvalue weighted by molar-refractivity contribution is 9.10. The summed E-state index contributed by atoms with van der Waals surface area (Å²) in [5, 5.41) is 0. The summed E-state index contributed by atoms with van der Waals surface area (Å²) in [6.45, 7) is 0.321. The molecule has 4 nitrogen and oxygen atoms in total. The molecule has 0 spiro atoms. The smallest absolute Gasteiger partial charge is 0.221 e. The Bertz CT molecular complexity index is 429. The van der Waals surface area contributed by atoms with E-state index in [4.69, 9.17) is 0 Å². The van der Waals surface area contributed by atoms with E-state index in [0.29, 0.717) is 6.54 Å². The Hall–Kier alpha value is -0.590. The van der Waals surface area contributed by atoms with Crippen LogP contribution in [0.1, 0.15) is 5.56 Å². The Balaban J connectivity index is 2.63. The van der Waals surface area contributed by atoms with E-state index in [2.05, 4.69) is 20.7 Å². The van der Waals surface area contributed by atoms with Gasteiger partial charge in [0.15, 0.2) is 0 Å². The van der Waals surface area contributed by atoms with Gasteiger partial charge in [0, 0.05) is 26.3 Å². The number of anilines is 1. The molecule has 1 rings (SSSR count). The number of alkyl halides is 1. The highest BCUT2D eigenvalue weighted by Crippen LogP contribution is 2.12. The van der Waals surface area contributed by atoms with Crippen LogP contribution < -0.4 is 9.62 Å². The van der Waals surface area contributed by atoms with Gasteiger partial charge < -0.3 is 4.90 Å². The maximum Gasteiger partial charge on any atom is 0.221 e. The monoisotopic (exact) mass is 306 g/mol. The number of halogens is 1. The van der Waals surface area contributed by atoms with Crippen LogP contribution in [0.4, 0.5) is 5.69 Å². The third kappa shape index (κ3) is 4.11. The van der Waals surface area contributed by atoms with Crippen molar-refractivity contribution in [3.05, 3.63) is 29.8 Å². The highest BCUT2D eigenvalue weighted by atomic mass is 79.9. The predicted octanol–water partition coefficient (Wildman–Crippen LogP) is 1.52. The van der Waals surface area contributed by atoms with Crippen molar-refractivity contribution in [2.45, 2.75) is 6.54 Å². The van der Waals surface area contributed by atoms with Gasteiger partial charge in [-0.05, 0) is 17.7 Å². The molecule has 0 radical (unpaired) electrons. The molecule has 16 heavy (non-hydrogen) atoms. The van der Waals surface area contributed by atoms with Crippen LogP contribution in [0.5, 0.6) is 0 Å². The van der Waals surface area contributed by atoms with Crippen LogP contribution in [0.3, 0.4) is 0 Å². The minimum atomic E-state index is -3.19. The number of hydrogen-bond donors (Lipinski definition) is 1. The zero-order valence-electron chi connectivity index (χ0n) is 9.27. The van der Waals surface area contributed by atoms with Crippen molar-refractivity contribution < 1.29 is 8.42 Å². The van der Waals surface area contributed by atoms with Gasteiger partial charge in [0.05, 0.1) is 0 Å². The third-order valence-corrected chi connectivity index (χ3v) is 4.77. The maximum absolute atomic E-state index is 11.2. The minimum absolute atomic E-state index is 0.0736. The molecular formula is C10H15BrN2O2S. The number of nitrogens with zero attached hydrogens (tertiary/aromatic N) is 1. The quantitative estimate of drug-likeness (QED) is 0.839. The van der Waals surface area contributed by atoms with Gasteiger partial charge in [-0.2, -0.15) is 0 Å². The van der Waals surface area contributed by atoms with Crippen LogP contribution in [0.2, 0.25) is 0 Å². The Morgan fingerprint density at radius 1 is 1.25 bits per heavy atom. The molecule has 0 bridgehead atoms. The van der Waals surface area contributed by atoms with Crippen LogP contribution in [0.15, 0.2) is 24.3 Å². The molecule has 6 heteroatoms. The molecule has 0 amide bonds. The topological polar surface area (TPSA) is 49.4 Å². The first-order chi connectivity index (χ1) is 7.44. The summed E-state index contributed by atoms with van der Waals surface area (Å²) < 4.78 is 24.8. The molecule has 0 fully saturated rings. The molecule has 0 aliphatic heterocycles. The second-order valence-corrected chi connectivity index (χ2v) is 6.72. The van der Waals surface area contributed by atoms with Crippen molar-refractivity contribution in [2.75, 3.05) is 23.7 Å². The molecular weight excluding hydrogens is 292 g/mol. The van der Waals surface area contributed by atoms with E-state index in [9.17, 15) is 8.42 Å². The summed E-state index contributed by atoms with van der Waals surface area (Å²) in [6, 6.07) is 7.73. The van der Waals surface area contributed by atoms with Crippen molar-refractivity contribution in [1.82, 2.24) is 4.72 Å². The first kappa shape index (κ1) is 13.5. The van der Waals surface area contributed by atoms with Crippen molar-refractivity contribution in [2.24, 2.45) is 0 Å². The predicted molar refractivity (Wildman–Crippen MR) is 70.3 cm³/mol. The molecule has 0 atom stereocenters. The molecule has 1 aromatic rings. The van der Waals surface area contributed by atoms with Gasteiger partial charge in [0.1, 0.15) is 4.66 Å². The number of sulfonamides is 1. The number of nitrogens with one attached hydrogen (secondary N) is 1. The van der Waals surface area contributed by atoms with Gasteiger partial charge in [-0.3, -0.25) is 0 Å². The second-order valence-electron chi connectivity index (χ2n) is 3.61. The molecule has 0 saturated heterocycles. The fraction of sp³-hybridized carbons (Fsp3) is 0.400. The fourth-order valence-electron chi connectivity index (χ4n) is 1.14. The summed E-state index contributed by atoms with van der Waals surface area (Å²) in [6.07, 6.45) is 0. The van der Waals surface area contributed by atoms with Crippen molar-refractivity contribution in [3.8, 4) is 0 Å². The van der Waals surface area contributed by atoms with E-state index in [1.54, 1.807) is 0 Å². The summed E-state index contributed by atoms with van der Waals surface area (Å²) in [5.74, 6) is 0.